The van der Waals surface area contributed by atoms with Crippen LogP contribution in [0.2, 0.25) is 0 Å². The van der Waals surface area contributed by atoms with E-state index in [2.05, 4.69) is 9.99 Å². The van der Waals surface area contributed by atoms with Crippen LogP contribution in [-0.4, -0.2) is 17.6 Å². The number of benzene rings is 1. The summed E-state index contributed by atoms with van der Waals surface area (Å²) in [5, 5.41) is 3.58. The molecular formula is C11H8ClNO2. The van der Waals surface area contributed by atoms with Crippen molar-refractivity contribution in [3.8, 4) is 0 Å². The Hall–Kier alpha value is -1.61. The van der Waals surface area contributed by atoms with Crippen LogP contribution in [0.15, 0.2) is 41.1 Å². The highest BCUT2D eigenvalue weighted by atomic mass is 35.5. The quantitative estimate of drug-likeness (QED) is 0.436. The van der Waals surface area contributed by atoms with Gasteiger partial charge in [0.1, 0.15) is 5.71 Å². The molecule has 0 aliphatic carbocycles. The summed E-state index contributed by atoms with van der Waals surface area (Å²) in [5.41, 5.74) is 1.82. The van der Waals surface area contributed by atoms with E-state index in [0.29, 0.717) is 11.3 Å². The van der Waals surface area contributed by atoms with Gasteiger partial charge in [0.25, 0.3) is 0 Å². The van der Waals surface area contributed by atoms with E-state index in [1.165, 1.54) is 0 Å². The third-order valence-corrected chi connectivity index (χ3v) is 2.26. The molecule has 0 aromatic heterocycles. The van der Waals surface area contributed by atoms with Crippen molar-refractivity contribution in [3.05, 3.63) is 41.5 Å². The van der Waals surface area contributed by atoms with E-state index >= 15 is 0 Å². The first-order valence-electron chi connectivity index (χ1n) is 4.42. The molecule has 1 aliphatic rings. The normalized spacial score (nSPS) is 17.8. The highest BCUT2D eigenvalue weighted by Gasteiger charge is 2.24. The molecule has 0 unspecified atom stereocenters. The van der Waals surface area contributed by atoms with Gasteiger partial charge in [-0.3, -0.25) is 0 Å². The highest BCUT2D eigenvalue weighted by Crippen LogP contribution is 2.16. The minimum atomic E-state index is -0.450. The zero-order valence-corrected chi connectivity index (χ0v) is 8.57. The molecule has 3 nitrogen and oxygen atoms in total. The van der Waals surface area contributed by atoms with E-state index in [1.807, 2.05) is 30.3 Å². The van der Waals surface area contributed by atoms with Crippen LogP contribution in [0.25, 0.3) is 6.08 Å². The molecule has 15 heavy (non-hydrogen) atoms. The van der Waals surface area contributed by atoms with E-state index < -0.39 is 5.97 Å². The van der Waals surface area contributed by atoms with Crippen molar-refractivity contribution >= 4 is 29.4 Å². The first-order valence-corrected chi connectivity index (χ1v) is 4.96. The lowest BCUT2D eigenvalue weighted by Gasteiger charge is -1.95. The van der Waals surface area contributed by atoms with E-state index in [4.69, 9.17) is 11.6 Å². The van der Waals surface area contributed by atoms with Gasteiger partial charge in [0.05, 0.1) is 11.5 Å². The van der Waals surface area contributed by atoms with Crippen molar-refractivity contribution in [2.24, 2.45) is 5.16 Å². The second kappa shape index (κ2) is 4.28. The molecule has 2 rings (SSSR count). The zero-order valence-electron chi connectivity index (χ0n) is 7.81. The molecule has 0 radical (unpaired) electrons. The lowest BCUT2D eigenvalue weighted by molar-refractivity contribution is -0.136. The van der Waals surface area contributed by atoms with Gasteiger partial charge in [-0.1, -0.05) is 35.5 Å². The maximum absolute atomic E-state index is 11.3. The largest absolute Gasteiger partial charge is 0.367 e. The van der Waals surface area contributed by atoms with E-state index in [1.54, 1.807) is 6.08 Å². The summed E-state index contributed by atoms with van der Waals surface area (Å²) < 4.78 is 0. The predicted molar refractivity (Wildman–Crippen MR) is 58.7 cm³/mol. The summed E-state index contributed by atoms with van der Waals surface area (Å²) in [6.07, 6.45) is 1.72. The number of oxime groups is 1. The average molecular weight is 222 g/mol. The molecule has 4 heteroatoms. The van der Waals surface area contributed by atoms with Crippen LogP contribution in [0.4, 0.5) is 0 Å². The third-order valence-electron chi connectivity index (χ3n) is 2.01. The Balaban J connectivity index is 2.34. The van der Waals surface area contributed by atoms with Gasteiger partial charge in [0.2, 0.25) is 0 Å². The molecule has 1 aromatic carbocycles. The summed E-state index contributed by atoms with van der Waals surface area (Å²) in [6.45, 7) is 0. The van der Waals surface area contributed by atoms with Crippen LogP contribution in [0.5, 0.6) is 0 Å². The van der Waals surface area contributed by atoms with Crippen LogP contribution < -0.4 is 0 Å². The maximum Gasteiger partial charge on any atom is 0.367 e. The second-order valence-corrected chi connectivity index (χ2v) is 3.29. The summed E-state index contributed by atoms with van der Waals surface area (Å²) in [6, 6.07) is 9.48. The summed E-state index contributed by atoms with van der Waals surface area (Å²) in [4.78, 5) is 15.8. The van der Waals surface area contributed by atoms with Crippen LogP contribution in [0.1, 0.15) is 5.56 Å². The molecule has 1 aromatic rings. The van der Waals surface area contributed by atoms with Gasteiger partial charge in [-0.05, 0) is 11.6 Å². The number of hydrogen-bond donors (Lipinski definition) is 0. The Morgan fingerprint density at radius 2 is 2.07 bits per heavy atom. The number of carbonyl (C=O) groups is 1. The molecule has 0 atom stereocenters. The van der Waals surface area contributed by atoms with Crippen LogP contribution in [0.3, 0.4) is 0 Å². The predicted octanol–water partition coefficient (Wildman–Crippen LogP) is 2.22. The molecule has 76 valence electrons. The topological polar surface area (TPSA) is 38.7 Å². The number of rotatable bonds is 2. The Morgan fingerprint density at radius 3 is 2.73 bits per heavy atom. The van der Waals surface area contributed by atoms with Gasteiger partial charge in [0.15, 0.2) is 0 Å². The molecule has 0 amide bonds. The molecule has 1 heterocycles. The summed E-state index contributed by atoms with van der Waals surface area (Å²) in [5.74, 6) is -0.278. The van der Waals surface area contributed by atoms with Crippen LogP contribution in [-0.2, 0) is 9.63 Å². The number of nitrogens with zero attached hydrogens (tertiary/aromatic N) is 1. The van der Waals surface area contributed by atoms with Gasteiger partial charge in [0, 0.05) is 0 Å². The van der Waals surface area contributed by atoms with Crippen molar-refractivity contribution in [2.45, 2.75) is 0 Å². The number of hydrogen-bond acceptors (Lipinski definition) is 3. The van der Waals surface area contributed by atoms with E-state index in [9.17, 15) is 4.79 Å². The van der Waals surface area contributed by atoms with Gasteiger partial charge in [-0.15, -0.1) is 11.6 Å². The van der Waals surface area contributed by atoms with Crippen molar-refractivity contribution in [3.63, 3.8) is 0 Å². The van der Waals surface area contributed by atoms with E-state index in [-0.39, 0.29) is 5.88 Å². The third kappa shape index (κ3) is 2.07. The zero-order chi connectivity index (χ0) is 10.7. The number of halogens is 1. The standard InChI is InChI=1S/C11H8ClNO2/c12-7-10-9(11(14)15-13-10)6-8-4-2-1-3-5-8/h1-6H,7H2. The summed E-state index contributed by atoms with van der Waals surface area (Å²) >= 11 is 5.63. The average Bonchev–Trinajstić information content (AvgIpc) is 2.62. The van der Waals surface area contributed by atoms with Gasteiger partial charge < -0.3 is 4.84 Å². The minimum Gasteiger partial charge on any atom is -0.312 e. The van der Waals surface area contributed by atoms with Crippen LogP contribution in [0, 0.1) is 0 Å². The molecule has 0 N–H and O–H groups in total. The molecular weight excluding hydrogens is 214 g/mol. The first kappa shape index (κ1) is 9.93. The van der Waals surface area contributed by atoms with Gasteiger partial charge >= 0.3 is 5.97 Å². The fourth-order valence-electron chi connectivity index (χ4n) is 1.27. The lowest BCUT2D eigenvalue weighted by atomic mass is 10.1. The second-order valence-electron chi connectivity index (χ2n) is 3.02. The maximum atomic E-state index is 11.3. The Labute approximate surface area is 92.0 Å². The van der Waals surface area contributed by atoms with Crippen LogP contribution >= 0.6 is 11.6 Å². The fourth-order valence-corrected chi connectivity index (χ4v) is 1.46. The monoisotopic (exact) mass is 221 g/mol. The Kier molecular flexibility index (Phi) is 2.83. The molecule has 0 spiro atoms. The Bertz CT molecular complexity index is 437. The Morgan fingerprint density at radius 1 is 1.33 bits per heavy atom. The van der Waals surface area contributed by atoms with Crippen molar-refractivity contribution in [1.82, 2.24) is 0 Å². The highest BCUT2D eigenvalue weighted by molar-refractivity contribution is 6.38. The number of carbonyl (C=O) groups excluding carboxylic acids is 1. The van der Waals surface area contributed by atoms with Crippen molar-refractivity contribution < 1.29 is 9.63 Å². The molecule has 1 aliphatic heterocycles. The minimum absolute atomic E-state index is 0.171. The van der Waals surface area contributed by atoms with Gasteiger partial charge in [-0.25, -0.2) is 4.79 Å². The summed E-state index contributed by atoms with van der Waals surface area (Å²) in [7, 11) is 0. The van der Waals surface area contributed by atoms with Crippen molar-refractivity contribution in [1.29, 1.82) is 0 Å². The molecule has 0 saturated heterocycles. The fraction of sp³-hybridized carbons (Fsp3) is 0.0909. The first-order chi connectivity index (χ1) is 7.31. The smallest absolute Gasteiger partial charge is 0.312 e. The molecule has 0 fully saturated rings. The SMILES string of the molecule is O=C1ON=C(CCl)C1=Cc1ccccc1. The van der Waals surface area contributed by atoms with Gasteiger partial charge in [-0.2, -0.15) is 0 Å². The van der Waals surface area contributed by atoms with Crippen molar-refractivity contribution in [2.75, 3.05) is 5.88 Å². The molecule has 0 saturated carbocycles. The molecule has 0 bridgehead atoms. The van der Waals surface area contributed by atoms with E-state index in [0.717, 1.165) is 5.56 Å². The number of alkyl halides is 1. The lowest BCUT2D eigenvalue weighted by Crippen LogP contribution is -2.06.